The third-order valence-corrected chi connectivity index (χ3v) is 7.60. The molecule has 1 saturated heterocycles. The fourth-order valence-corrected chi connectivity index (χ4v) is 5.81. The average Bonchev–Trinajstić information content (AvgIpc) is 3.34. The number of halogens is 1. The van der Waals surface area contributed by atoms with Crippen LogP contribution >= 0.6 is 11.3 Å². The number of anilines is 1. The van der Waals surface area contributed by atoms with Crippen LogP contribution in [0.1, 0.15) is 71.2 Å². The molecule has 2 aliphatic rings. The topological polar surface area (TPSA) is 49.4 Å². The van der Waals surface area contributed by atoms with Crippen molar-refractivity contribution in [3.05, 3.63) is 51.7 Å². The van der Waals surface area contributed by atoms with E-state index < -0.39 is 0 Å². The predicted molar refractivity (Wildman–Crippen MR) is 119 cm³/mol. The zero-order valence-corrected chi connectivity index (χ0v) is 18.7. The lowest BCUT2D eigenvalue weighted by Crippen LogP contribution is -2.30. The molecule has 4 rings (SSSR count). The molecule has 1 aromatic heterocycles. The zero-order chi connectivity index (χ0) is 21.5. The number of amides is 2. The number of nitrogens with one attached hydrogen (secondary N) is 1. The molecular formula is C24H29FN2O2S. The highest BCUT2D eigenvalue weighted by Crippen LogP contribution is 2.45. The molecule has 2 amide bonds. The lowest BCUT2D eigenvalue weighted by atomic mass is 9.72. The first-order chi connectivity index (χ1) is 14.2. The van der Waals surface area contributed by atoms with Gasteiger partial charge in [0.1, 0.15) is 10.8 Å². The van der Waals surface area contributed by atoms with Crippen molar-refractivity contribution in [2.24, 2.45) is 11.3 Å². The monoisotopic (exact) mass is 428 g/mol. The van der Waals surface area contributed by atoms with Gasteiger partial charge in [-0.25, -0.2) is 4.39 Å². The van der Waals surface area contributed by atoms with E-state index in [1.807, 2.05) is 4.90 Å². The van der Waals surface area contributed by atoms with Crippen LogP contribution in [0.15, 0.2) is 24.3 Å². The second-order valence-electron chi connectivity index (χ2n) is 9.47. The summed E-state index contributed by atoms with van der Waals surface area (Å²) in [6.45, 7) is 8.36. The van der Waals surface area contributed by atoms with E-state index in [1.165, 1.54) is 29.1 Å². The van der Waals surface area contributed by atoms with Gasteiger partial charge < -0.3 is 10.2 Å². The Kier molecular flexibility index (Phi) is 5.71. The van der Waals surface area contributed by atoms with E-state index in [1.54, 1.807) is 11.3 Å². The van der Waals surface area contributed by atoms with Gasteiger partial charge in [0.15, 0.2) is 0 Å². The van der Waals surface area contributed by atoms with Crippen molar-refractivity contribution in [1.82, 2.24) is 4.90 Å². The Balaban J connectivity index is 1.68. The molecule has 0 spiro atoms. The maximum Gasteiger partial charge on any atom is 0.257 e. The molecule has 0 bridgehead atoms. The number of carbonyl (C=O) groups excluding carboxylic acids is 2. The van der Waals surface area contributed by atoms with Crippen LogP contribution in [0, 0.1) is 17.2 Å². The minimum absolute atomic E-state index is 0.0358. The van der Waals surface area contributed by atoms with E-state index in [0.29, 0.717) is 22.0 Å². The molecule has 1 aliphatic carbocycles. The minimum atomic E-state index is -0.378. The van der Waals surface area contributed by atoms with Crippen molar-refractivity contribution < 1.29 is 14.0 Å². The predicted octanol–water partition coefficient (Wildman–Crippen LogP) is 5.53. The van der Waals surface area contributed by atoms with Gasteiger partial charge in [0.2, 0.25) is 0 Å². The molecule has 1 fully saturated rings. The van der Waals surface area contributed by atoms with E-state index in [2.05, 4.69) is 26.1 Å². The molecule has 160 valence electrons. The summed E-state index contributed by atoms with van der Waals surface area (Å²) in [5, 5.41) is 3.61. The Morgan fingerprint density at radius 1 is 1.13 bits per heavy atom. The number of hydrogen-bond donors (Lipinski definition) is 1. The standard InChI is InChI=1S/C24H29FN2O2S/c1-24(2,3)16-8-11-18-19(14-16)30-22(20(18)23(29)27-12-4-5-13-27)26-21(28)15-6-9-17(25)10-7-15/h6-7,9-10,16H,4-5,8,11-14H2,1-3H3,(H,26,28). The number of hydrogen-bond acceptors (Lipinski definition) is 3. The molecule has 30 heavy (non-hydrogen) atoms. The summed E-state index contributed by atoms with van der Waals surface area (Å²) in [6, 6.07) is 5.49. The van der Waals surface area contributed by atoms with Crippen LogP contribution in [0.3, 0.4) is 0 Å². The smallest absolute Gasteiger partial charge is 0.257 e. The summed E-state index contributed by atoms with van der Waals surface area (Å²) in [5.74, 6) is -0.0969. The van der Waals surface area contributed by atoms with E-state index in [9.17, 15) is 14.0 Å². The lowest BCUT2D eigenvalue weighted by molar-refractivity contribution is 0.0792. The summed E-state index contributed by atoms with van der Waals surface area (Å²) < 4.78 is 13.2. The minimum Gasteiger partial charge on any atom is -0.339 e. The van der Waals surface area contributed by atoms with Gasteiger partial charge in [0, 0.05) is 23.5 Å². The highest BCUT2D eigenvalue weighted by molar-refractivity contribution is 7.17. The number of carbonyl (C=O) groups is 2. The molecule has 4 nitrogen and oxygen atoms in total. The summed E-state index contributed by atoms with van der Waals surface area (Å²) in [5.41, 5.74) is 2.39. The summed E-state index contributed by atoms with van der Waals surface area (Å²) >= 11 is 1.54. The molecule has 1 N–H and O–H groups in total. The molecule has 6 heteroatoms. The van der Waals surface area contributed by atoms with Crippen molar-refractivity contribution in [2.45, 2.75) is 52.9 Å². The van der Waals surface area contributed by atoms with Gasteiger partial charge in [-0.1, -0.05) is 20.8 Å². The van der Waals surface area contributed by atoms with Gasteiger partial charge >= 0.3 is 0 Å². The van der Waals surface area contributed by atoms with Crippen LogP contribution < -0.4 is 5.32 Å². The first kappa shape index (κ1) is 21.0. The highest BCUT2D eigenvalue weighted by Gasteiger charge is 2.35. The Morgan fingerprint density at radius 3 is 2.43 bits per heavy atom. The highest BCUT2D eigenvalue weighted by atomic mass is 32.1. The molecule has 2 aromatic rings. The molecule has 1 atom stereocenters. The normalized spacial score (nSPS) is 18.9. The van der Waals surface area contributed by atoms with Crippen molar-refractivity contribution in [3.63, 3.8) is 0 Å². The van der Waals surface area contributed by atoms with Crippen LogP contribution in [0.2, 0.25) is 0 Å². The summed E-state index contributed by atoms with van der Waals surface area (Å²) in [6.07, 6.45) is 4.92. The Morgan fingerprint density at radius 2 is 1.80 bits per heavy atom. The van der Waals surface area contributed by atoms with Crippen molar-refractivity contribution in [1.29, 1.82) is 0 Å². The summed E-state index contributed by atoms with van der Waals surface area (Å²) in [4.78, 5) is 29.3. The second-order valence-corrected chi connectivity index (χ2v) is 10.6. The SMILES string of the molecule is CC(C)(C)C1CCc2c(sc(NC(=O)c3ccc(F)cc3)c2C(=O)N2CCCC2)C1. The first-order valence-electron chi connectivity index (χ1n) is 10.7. The van der Waals surface area contributed by atoms with E-state index in [0.717, 1.165) is 50.8 Å². The van der Waals surface area contributed by atoms with Gasteiger partial charge in [0.25, 0.3) is 11.8 Å². The Bertz CT molecular complexity index is 953. The molecular weight excluding hydrogens is 399 g/mol. The summed E-state index contributed by atoms with van der Waals surface area (Å²) in [7, 11) is 0. The number of thiophene rings is 1. The molecule has 1 aromatic carbocycles. The average molecular weight is 429 g/mol. The van der Waals surface area contributed by atoms with E-state index in [4.69, 9.17) is 0 Å². The Labute approximate surface area is 181 Å². The van der Waals surface area contributed by atoms with Gasteiger partial charge in [-0.3, -0.25) is 9.59 Å². The van der Waals surface area contributed by atoms with Crippen LogP contribution in [0.5, 0.6) is 0 Å². The van der Waals surface area contributed by atoms with Gasteiger partial charge in [-0.05, 0) is 73.3 Å². The molecule has 0 radical (unpaired) electrons. The van der Waals surface area contributed by atoms with Crippen LogP contribution in [-0.2, 0) is 12.8 Å². The van der Waals surface area contributed by atoms with Crippen molar-refractivity contribution in [3.8, 4) is 0 Å². The van der Waals surface area contributed by atoms with Gasteiger partial charge in [-0.2, -0.15) is 0 Å². The van der Waals surface area contributed by atoms with Gasteiger partial charge in [-0.15, -0.1) is 11.3 Å². The third kappa shape index (κ3) is 4.15. The fourth-order valence-electron chi connectivity index (χ4n) is 4.49. The number of benzene rings is 1. The first-order valence-corrected chi connectivity index (χ1v) is 11.6. The Hall–Kier alpha value is -2.21. The third-order valence-electron chi connectivity index (χ3n) is 6.43. The second kappa shape index (κ2) is 8.14. The van der Waals surface area contributed by atoms with Crippen molar-refractivity contribution in [2.75, 3.05) is 18.4 Å². The number of likely N-dealkylation sites (tertiary alicyclic amines) is 1. The largest absolute Gasteiger partial charge is 0.339 e. The van der Waals surface area contributed by atoms with Crippen LogP contribution in [0.4, 0.5) is 9.39 Å². The quantitative estimate of drug-likeness (QED) is 0.699. The number of fused-ring (bicyclic) bond motifs is 1. The molecule has 1 unspecified atom stereocenters. The maximum atomic E-state index is 13.4. The maximum absolute atomic E-state index is 13.4. The molecule has 0 saturated carbocycles. The van der Waals surface area contributed by atoms with E-state index in [-0.39, 0.29) is 23.0 Å². The zero-order valence-electron chi connectivity index (χ0n) is 17.9. The van der Waals surface area contributed by atoms with Crippen LogP contribution in [-0.4, -0.2) is 29.8 Å². The van der Waals surface area contributed by atoms with Gasteiger partial charge in [0.05, 0.1) is 5.56 Å². The fraction of sp³-hybridized carbons (Fsp3) is 0.500. The molecule has 1 aliphatic heterocycles. The molecule has 2 heterocycles. The lowest BCUT2D eigenvalue weighted by Gasteiger charge is -2.34. The van der Waals surface area contributed by atoms with Crippen LogP contribution in [0.25, 0.3) is 0 Å². The number of rotatable bonds is 3. The number of nitrogens with zero attached hydrogens (tertiary/aromatic N) is 1. The van der Waals surface area contributed by atoms with E-state index >= 15 is 0 Å². The van der Waals surface area contributed by atoms with Crippen molar-refractivity contribution >= 4 is 28.2 Å².